The van der Waals surface area contributed by atoms with Crippen LogP contribution in [0, 0.1) is 0 Å². The Balaban J connectivity index is 0.000000187. The van der Waals surface area contributed by atoms with Gasteiger partial charge in [0.25, 0.3) is 0 Å². The van der Waals surface area contributed by atoms with Crippen LogP contribution in [0.25, 0.3) is 0 Å². The van der Waals surface area contributed by atoms with E-state index in [0.717, 1.165) is 0 Å². The maximum Gasteiger partial charge on any atom is 0.0267 e. The molecule has 4 heteroatoms. The molecule has 0 aliphatic rings. The van der Waals surface area contributed by atoms with E-state index in [2.05, 4.69) is 4.98 Å². The molecule has 1 nitrogen and oxygen atoms in total. The predicted octanol–water partition coefficient (Wildman–Crippen LogP) is 1.92. The van der Waals surface area contributed by atoms with E-state index in [1.165, 1.54) is 0 Å². The van der Waals surface area contributed by atoms with E-state index in [9.17, 15) is 6.05 Å². The van der Waals surface area contributed by atoms with Gasteiger partial charge in [-0.15, -0.1) is 0 Å². The van der Waals surface area contributed by atoms with Crippen molar-refractivity contribution in [2.75, 3.05) is 0 Å². The first-order valence-electron chi connectivity index (χ1n) is 2.08. The molecule has 1 aromatic rings. The van der Waals surface area contributed by atoms with E-state index in [1.807, 2.05) is 18.2 Å². The minimum absolute atomic E-state index is 1.75. The van der Waals surface area contributed by atoms with E-state index < -0.39 is 20.8 Å². The third-order valence-corrected chi connectivity index (χ3v) is 0.566. The van der Waals surface area contributed by atoms with Crippen molar-refractivity contribution in [3.8, 4) is 0 Å². The molecular weight excluding hydrogens is 220 g/mol. The van der Waals surface area contributed by atoms with Crippen molar-refractivity contribution in [1.29, 1.82) is 0 Å². The summed E-state index contributed by atoms with van der Waals surface area (Å²) in [6.07, 6.45) is 3.50. The minimum atomic E-state index is -1.93. The van der Waals surface area contributed by atoms with Crippen molar-refractivity contribution in [1.82, 2.24) is 4.98 Å². The van der Waals surface area contributed by atoms with Gasteiger partial charge in [-0.05, 0) is 12.1 Å². The van der Waals surface area contributed by atoms with Gasteiger partial charge >= 0.3 is 26.9 Å². The van der Waals surface area contributed by atoms with Crippen LogP contribution >= 0.6 is 0 Å². The molecular formula is C5H5AgF2N. The Bertz CT molecular complexity index is 97.8. The molecule has 0 aliphatic carbocycles. The molecule has 0 fully saturated rings. The van der Waals surface area contributed by atoms with Crippen LogP contribution in [0.5, 0.6) is 0 Å². The van der Waals surface area contributed by atoms with Crippen LogP contribution in [-0.2, 0) is 20.8 Å². The monoisotopic (exact) mass is 224 g/mol. The Morgan fingerprint density at radius 1 is 1.00 bits per heavy atom. The first-order valence-corrected chi connectivity index (χ1v) is 3.20. The zero-order valence-electron chi connectivity index (χ0n) is 4.39. The van der Waals surface area contributed by atoms with E-state index in [0.29, 0.717) is 0 Å². The second-order valence-corrected chi connectivity index (χ2v) is 1.28. The van der Waals surface area contributed by atoms with Gasteiger partial charge in [0.2, 0.25) is 0 Å². The summed E-state index contributed by atoms with van der Waals surface area (Å²) in [5.74, 6) is 0. The van der Waals surface area contributed by atoms with Gasteiger partial charge in [-0.2, -0.15) is 0 Å². The molecule has 0 aliphatic heterocycles. The van der Waals surface area contributed by atoms with Gasteiger partial charge in [0.05, 0.1) is 0 Å². The van der Waals surface area contributed by atoms with Crippen molar-refractivity contribution in [3.63, 3.8) is 0 Å². The van der Waals surface area contributed by atoms with Crippen LogP contribution in [0.2, 0.25) is 0 Å². The van der Waals surface area contributed by atoms with Gasteiger partial charge in [0.1, 0.15) is 0 Å². The maximum atomic E-state index is 9.65. The SMILES string of the molecule is [F][Ag][F].c1ccncc1. The summed E-state index contributed by atoms with van der Waals surface area (Å²) < 4.78 is 19.3. The second kappa shape index (κ2) is 7.75. The minimum Gasteiger partial charge on any atom is -0.265 e. The largest absolute Gasteiger partial charge is 0.265 e. The molecule has 0 saturated heterocycles. The molecule has 9 heavy (non-hydrogen) atoms. The van der Waals surface area contributed by atoms with Crippen LogP contribution in [-0.4, -0.2) is 4.98 Å². The van der Waals surface area contributed by atoms with Crippen LogP contribution in [0.1, 0.15) is 0 Å². The van der Waals surface area contributed by atoms with E-state index >= 15 is 0 Å². The van der Waals surface area contributed by atoms with E-state index in [-0.39, 0.29) is 0 Å². The Morgan fingerprint density at radius 2 is 1.44 bits per heavy atom. The van der Waals surface area contributed by atoms with Crippen LogP contribution in [0.15, 0.2) is 30.6 Å². The fraction of sp³-hybridized carbons (Fsp3) is 0. The zero-order chi connectivity index (χ0) is 6.95. The van der Waals surface area contributed by atoms with Gasteiger partial charge in [0, 0.05) is 12.4 Å². The van der Waals surface area contributed by atoms with Crippen molar-refractivity contribution in [2.24, 2.45) is 0 Å². The van der Waals surface area contributed by atoms with Crippen molar-refractivity contribution in [2.45, 2.75) is 0 Å². The van der Waals surface area contributed by atoms with Crippen molar-refractivity contribution >= 4 is 0 Å². The molecule has 1 aromatic heterocycles. The number of nitrogens with zero attached hydrogens (tertiary/aromatic N) is 1. The fourth-order valence-electron chi connectivity index (χ4n) is 0.313. The first-order chi connectivity index (χ1) is 4.41. The molecule has 55 valence electrons. The molecule has 0 atom stereocenters. The average molecular weight is 225 g/mol. The average Bonchev–Trinajstić information content (AvgIpc) is 1.93. The standard InChI is InChI=1S/C5H5N.Ag.2FH/c1-2-4-6-5-3-1;;;/h1-5H;;2*1H/q;+2;;/p-2. The van der Waals surface area contributed by atoms with Crippen LogP contribution < -0.4 is 0 Å². The quantitative estimate of drug-likeness (QED) is 0.614. The van der Waals surface area contributed by atoms with Gasteiger partial charge in [0.15, 0.2) is 0 Å². The van der Waals surface area contributed by atoms with Gasteiger partial charge < -0.3 is 0 Å². The summed E-state index contributed by atoms with van der Waals surface area (Å²) in [7, 11) is 0. The molecule has 0 radical (unpaired) electrons. The summed E-state index contributed by atoms with van der Waals surface area (Å²) in [5, 5.41) is 0. The summed E-state index contributed by atoms with van der Waals surface area (Å²) in [6, 6.07) is 5.72. The normalized spacial score (nSPS) is 7.78. The molecule has 1 rings (SSSR count). The molecule has 0 N–H and O–H groups in total. The molecule has 0 spiro atoms. The topological polar surface area (TPSA) is 12.9 Å². The summed E-state index contributed by atoms with van der Waals surface area (Å²) in [5.41, 5.74) is 0. The van der Waals surface area contributed by atoms with Gasteiger partial charge in [-0.25, -0.2) is 0 Å². The summed E-state index contributed by atoms with van der Waals surface area (Å²) in [4.78, 5) is 3.78. The Morgan fingerprint density at radius 3 is 1.56 bits per heavy atom. The van der Waals surface area contributed by atoms with Gasteiger partial charge in [-0.3, -0.25) is 4.98 Å². The number of hydrogen-bond acceptors (Lipinski definition) is 1. The fourth-order valence-corrected chi connectivity index (χ4v) is 0.313. The van der Waals surface area contributed by atoms with Crippen LogP contribution in [0.3, 0.4) is 0 Å². The second-order valence-electron chi connectivity index (χ2n) is 1.07. The molecule has 0 amide bonds. The van der Waals surface area contributed by atoms with Crippen LogP contribution in [0.4, 0.5) is 6.05 Å². The van der Waals surface area contributed by atoms with E-state index in [4.69, 9.17) is 0 Å². The third-order valence-electron chi connectivity index (χ3n) is 0.566. The maximum absolute atomic E-state index is 9.65. The van der Waals surface area contributed by atoms with Crippen molar-refractivity contribution < 1.29 is 26.9 Å². The molecule has 1 heterocycles. The van der Waals surface area contributed by atoms with Crippen molar-refractivity contribution in [3.05, 3.63) is 30.6 Å². The number of aromatic nitrogens is 1. The Kier molecular flexibility index (Phi) is 7.54. The molecule has 0 aromatic carbocycles. The van der Waals surface area contributed by atoms with E-state index in [1.54, 1.807) is 12.4 Å². The summed E-state index contributed by atoms with van der Waals surface area (Å²) >= 11 is -1.93. The number of pyridine rings is 1. The Hall–Kier alpha value is -0.250. The smallest absolute Gasteiger partial charge is 0.0267 e. The Labute approximate surface area is 62.8 Å². The summed E-state index contributed by atoms with van der Waals surface area (Å²) in [6.45, 7) is 0. The molecule has 0 bridgehead atoms. The molecule has 0 unspecified atom stereocenters. The zero-order valence-corrected chi connectivity index (χ0v) is 5.87. The van der Waals surface area contributed by atoms with Gasteiger partial charge in [-0.1, -0.05) is 6.07 Å². The number of rotatable bonds is 0. The molecule has 0 saturated carbocycles. The number of hydrogen-bond donors (Lipinski definition) is 0. The first kappa shape index (κ1) is 8.75. The number of halogens is 2. The predicted molar refractivity (Wildman–Crippen MR) is 26.5 cm³/mol. The third kappa shape index (κ3) is 7.75.